The maximum atomic E-state index is 12.3. The van der Waals surface area contributed by atoms with E-state index < -0.39 is 4.92 Å². The molecule has 1 fully saturated rings. The maximum absolute atomic E-state index is 12.3. The molecule has 1 aromatic carbocycles. The molecule has 1 amide bonds. The number of carbonyl (C=O) groups excluding carboxylic acids is 1. The topological polar surface area (TPSA) is 109 Å². The molecule has 1 aliphatic rings. The Morgan fingerprint density at radius 2 is 2.15 bits per heavy atom. The summed E-state index contributed by atoms with van der Waals surface area (Å²) in [5.74, 6) is 0.378. The summed E-state index contributed by atoms with van der Waals surface area (Å²) in [5.41, 5.74) is 0.814. The number of nitro benzene ring substituents is 1. The molecule has 0 bridgehead atoms. The minimum atomic E-state index is -0.431. The summed E-state index contributed by atoms with van der Waals surface area (Å²) in [4.78, 5) is 25.3. The number of nitrogens with one attached hydrogen (secondary N) is 2. The number of aromatic amines is 1. The number of carbonyl (C=O) groups is 1. The zero-order valence-electron chi connectivity index (χ0n) is 14.4. The maximum Gasteiger partial charge on any atom is 0.293 e. The Hall–Kier alpha value is -2.75. The van der Waals surface area contributed by atoms with Gasteiger partial charge >= 0.3 is 0 Å². The van der Waals surface area contributed by atoms with Gasteiger partial charge in [0, 0.05) is 44.7 Å². The molecule has 1 aromatic heterocycles. The number of nitro groups is 1. The minimum absolute atomic E-state index is 0.0333. The van der Waals surface area contributed by atoms with Gasteiger partial charge in [0.1, 0.15) is 11.5 Å². The lowest BCUT2D eigenvalue weighted by atomic mass is 10.1. The first-order valence-corrected chi connectivity index (χ1v) is 8.80. The number of H-pyrrole nitrogens is 1. The van der Waals surface area contributed by atoms with Crippen molar-refractivity contribution in [3.8, 4) is 0 Å². The van der Waals surface area contributed by atoms with Crippen LogP contribution in [-0.4, -0.2) is 45.2 Å². The van der Waals surface area contributed by atoms with E-state index in [-0.39, 0.29) is 17.2 Å². The molecule has 0 aliphatic carbocycles. The van der Waals surface area contributed by atoms with Crippen molar-refractivity contribution in [3.05, 3.63) is 44.5 Å². The highest BCUT2D eigenvalue weighted by atomic mass is 32.1. The first-order chi connectivity index (χ1) is 12.5. The zero-order chi connectivity index (χ0) is 18.7. The van der Waals surface area contributed by atoms with Crippen molar-refractivity contribution in [2.24, 2.45) is 7.05 Å². The van der Waals surface area contributed by atoms with Gasteiger partial charge in [-0.05, 0) is 37.2 Å². The van der Waals surface area contributed by atoms with Crippen LogP contribution in [0.4, 0.5) is 11.4 Å². The van der Waals surface area contributed by atoms with Crippen LogP contribution in [0.25, 0.3) is 0 Å². The van der Waals surface area contributed by atoms with Crippen LogP contribution >= 0.6 is 12.2 Å². The number of rotatable bonds is 6. The standard InChI is InChI=1S/C16H20N6O3S/c1-20-14(18-19-16(20)26)6-7-17-15(23)11-4-5-12(13(10-11)22(24)25)21-8-2-3-9-21/h4-5,10H,2-3,6-9H2,1H3,(H,17,23)(H,19,26). The number of hydrogen-bond acceptors (Lipinski definition) is 6. The van der Waals surface area contributed by atoms with Crippen LogP contribution in [-0.2, 0) is 13.5 Å². The molecular formula is C16H20N6O3S. The average Bonchev–Trinajstić information content (AvgIpc) is 3.27. The van der Waals surface area contributed by atoms with Gasteiger partial charge in [-0.15, -0.1) is 0 Å². The van der Waals surface area contributed by atoms with E-state index in [1.165, 1.54) is 6.07 Å². The van der Waals surface area contributed by atoms with Gasteiger partial charge in [-0.2, -0.15) is 5.10 Å². The minimum Gasteiger partial charge on any atom is -0.366 e. The van der Waals surface area contributed by atoms with E-state index in [1.54, 1.807) is 23.7 Å². The third-order valence-corrected chi connectivity index (χ3v) is 4.85. The normalized spacial score (nSPS) is 13.8. The van der Waals surface area contributed by atoms with E-state index >= 15 is 0 Å². The quantitative estimate of drug-likeness (QED) is 0.453. The highest BCUT2D eigenvalue weighted by Gasteiger charge is 2.23. The summed E-state index contributed by atoms with van der Waals surface area (Å²) >= 11 is 5.04. The van der Waals surface area contributed by atoms with Gasteiger partial charge in [-0.3, -0.25) is 20.0 Å². The predicted octanol–water partition coefficient (Wildman–Crippen LogP) is 1.96. The summed E-state index contributed by atoms with van der Waals surface area (Å²) in [6.45, 7) is 1.96. The number of anilines is 1. The van der Waals surface area contributed by atoms with Crippen molar-refractivity contribution < 1.29 is 9.72 Å². The Balaban J connectivity index is 1.68. The SMILES string of the molecule is Cn1c(CCNC(=O)c2ccc(N3CCCC3)c([N+](=O)[O-])c2)n[nH]c1=S. The Bertz CT molecular complexity index is 884. The number of amides is 1. The fourth-order valence-corrected chi connectivity index (χ4v) is 3.18. The van der Waals surface area contributed by atoms with Crippen molar-refractivity contribution >= 4 is 29.5 Å². The van der Waals surface area contributed by atoms with E-state index in [2.05, 4.69) is 15.5 Å². The fourth-order valence-electron chi connectivity index (χ4n) is 3.03. The van der Waals surface area contributed by atoms with Crippen LogP contribution in [0.3, 0.4) is 0 Å². The largest absolute Gasteiger partial charge is 0.366 e. The molecular weight excluding hydrogens is 356 g/mol. The van der Waals surface area contributed by atoms with Crippen LogP contribution < -0.4 is 10.2 Å². The van der Waals surface area contributed by atoms with Crippen molar-refractivity contribution in [3.63, 3.8) is 0 Å². The highest BCUT2D eigenvalue weighted by molar-refractivity contribution is 7.71. The molecule has 1 aliphatic heterocycles. The lowest BCUT2D eigenvalue weighted by Crippen LogP contribution is -2.27. The molecule has 3 rings (SSSR count). The monoisotopic (exact) mass is 376 g/mol. The summed E-state index contributed by atoms with van der Waals surface area (Å²) in [5, 5.41) is 20.9. The van der Waals surface area contributed by atoms with Crippen LogP contribution in [0.2, 0.25) is 0 Å². The molecule has 2 aromatic rings. The Morgan fingerprint density at radius 1 is 1.42 bits per heavy atom. The summed E-state index contributed by atoms with van der Waals surface area (Å²) in [6, 6.07) is 4.64. The molecule has 0 radical (unpaired) electrons. The van der Waals surface area contributed by atoms with E-state index in [4.69, 9.17) is 12.2 Å². The second kappa shape index (κ2) is 7.65. The van der Waals surface area contributed by atoms with E-state index in [9.17, 15) is 14.9 Å². The van der Waals surface area contributed by atoms with E-state index in [0.29, 0.717) is 23.4 Å². The van der Waals surface area contributed by atoms with Crippen LogP contribution in [0.1, 0.15) is 29.0 Å². The molecule has 0 saturated carbocycles. The third-order valence-electron chi connectivity index (χ3n) is 4.49. The number of hydrogen-bond donors (Lipinski definition) is 2. The lowest BCUT2D eigenvalue weighted by molar-refractivity contribution is -0.384. The Morgan fingerprint density at radius 3 is 2.77 bits per heavy atom. The predicted molar refractivity (Wildman–Crippen MR) is 99.0 cm³/mol. The van der Waals surface area contributed by atoms with Crippen LogP contribution in [0, 0.1) is 14.9 Å². The molecule has 138 valence electrons. The first-order valence-electron chi connectivity index (χ1n) is 8.39. The smallest absolute Gasteiger partial charge is 0.293 e. The zero-order valence-corrected chi connectivity index (χ0v) is 15.2. The van der Waals surface area contributed by atoms with E-state index in [1.807, 2.05) is 4.90 Å². The third kappa shape index (κ3) is 3.74. The van der Waals surface area contributed by atoms with Gasteiger partial charge in [0.05, 0.1) is 4.92 Å². The van der Waals surface area contributed by atoms with Crippen molar-refractivity contribution in [1.29, 1.82) is 0 Å². The van der Waals surface area contributed by atoms with Gasteiger partial charge in [0.15, 0.2) is 4.77 Å². The second-order valence-electron chi connectivity index (χ2n) is 6.16. The van der Waals surface area contributed by atoms with Crippen molar-refractivity contribution in [1.82, 2.24) is 20.1 Å². The molecule has 9 nitrogen and oxygen atoms in total. The Labute approximate surface area is 155 Å². The molecule has 0 spiro atoms. The highest BCUT2D eigenvalue weighted by Crippen LogP contribution is 2.31. The summed E-state index contributed by atoms with van der Waals surface area (Å²) in [6.07, 6.45) is 2.55. The molecule has 26 heavy (non-hydrogen) atoms. The Kier molecular flexibility index (Phi) is 5.31. The van der Waals surface area contributed by atoms with Gasteiger partial charge in [0.25, 0.3) is 11.6 Å². The molecule has 1 saturated heterocycles. The van der Waals surface area contributed by atoms with E-state index in [0.717, 1.165) is 31.8 Å². The molecule has 2 N–H and O–H groups in total. The van der Waals surface area contributed by atoms with Gasteiger partial charge in [-0.1, -0.05) is 0 Å². The number of benzene rings is 1. The number of aromatic nitrogens is 3. The molecule has 10 heteroatoms. The second-order valence-corrected chi connectivity index (χ2v) is 6.55. The van der Waals surface area contributed by atoms with Gasteiger partial charge in [-0.25, -0.2) is 0 Å². The average molecular weight is 376 g/mol. The molecule has 2 heterocycles. The summed E-state index contributed by atoms with van der Waals surface area (Å²) in [7, 11) is 1.80. The van der Waals surface area contributed by atoms with Crippen LogP contribution in [0.5, 0.6) is 0 Å². The lowest BCUT2D eigenvalue weighted by Gasteiger charge is -2.17. The van der Waals surface area contributed by atoms with Gasteiger partial charge in [0.2, 0.25) is 0 Å². The van der Waals surface area contributed by atoms with Crippen LogP contribution in [0.15, 0.2) is 18.2 Å². The van der Waals surface area contributed by atoms with Crippen molar-refractivity contribution in [2.45, 2.75) is 19.3 Å². The first kappa shape index (κ1) is 18.1. The summed E-state index contributed by atoms with van der Waals surface area (Å²) < 4.78 is 2.25. The number of nitrogens with zero attached hydrogens (tertiary/aromatic N) is 4. The fraction of sp³-hybridized carbons (Fsp3) is 0.438. The molecule has 0 unspecified atom stereocenters. The van der Waals surface area contributed by atoms with Crippen molar-refractivity contribution in [2.75, 3.05) is 24.5 Å². The van der Waals surface area contributed by atoms with Gasteiger partial charge < -0.3 is 14.8 Å². The molecule has 0 atom stereocenters.